The molecule has 1 fully saturated rings. The Labute approximate surface area is 114 Å². The number of carbonyl (C=O) groups excluding carboxylic acids is 1. The molecule has 1 aromatic rings. The summed E-state index contributed by atoms with van der Waals surface area (Å²) in [6.45, 7) is 4.07. The second-order valence-corrected chi connectivity index (χ2v) is 6.21. The van der Waals surface area contributed by atoms with Gasteiger partial charge in [-0.05, 0) is 44.4 Å². The van der Waals surface area contributed by atoms with Crippen molar-refractivity contribution in [2.45, 2.75) is 51.0 Å². The average molecular weight is 263 g/mol. The Morgan fingerprint density at radius 3 is 2.67 bits per heavy atom. The van der Waals surface area contributed by atoms with Gasteiger partial charge in [-0.1, -0.05) is 31.0 Å². The van der Waals surface area contributed by atoms with Gasteiger partial charge in [-0.2, -0.15) is 0 Å². The van der Waals surface area contributed by atoms with Crippen molar-refractivity contribution in [1.29, 1.82) is 0 Å². The van der Waals surface area contributed by atoms with Crippen LogP contribution in [-0.4, -0.2) is 16.5 Å². The van der Waals surface area contributed by atoms with Crippen molar-refractivity contribution in [1.82, 2.24) is 4.98 Å². The van der Waals surface area contributed by atoms with Crippen molar-refractivity contribution in [2.24, 2.45) is 5.92 Å². The van der Waals surface area contributed by atoms with E-state index < -0.39 is 0 Å². The largest absolute Gasteiger partial charge is 0.298 e. The number of hydrogen-bond acceptors (Lipinski definition) is 3. The molecule has 18 heavy (non-hydrogen) atoms. The molecule has 1 aromatic heterocycles. The summed E-state index contributed by atoms with van der Waals surface area (Å²) in [7, 11) is 0. The molecule has 1 heterocycles. The minimum atomic E-state index is 0.317. The summed E-state index contributed by atoms with van der Waals surface area (Å²) >= 11 is 1.59. The molecule has 1 saturated carbocycles. The maximum absolute atomic E-state index is 12.1. The fourth-order valence-electron chi connectivity index (χ4n) is 2.57. The normalized spacial score (nSPS) is 16.8. The Balaban J connectivity index is 1.88. The van der Waals surface area contributed by atoms with E-state index in [1.54, 1.807) is 11.8 Å². The minimum absolute atomic E-state index is 0.317. The smallest absolute Gasteiger partial charge is 0.146 e. The Morgan fingerprint density at radius 1 is 1.28 bits per heavy atom. The zero-order chi connectivity index (χ0) is 13.0. The zero-order valence-corrected chi connectivity index (χ0v) is 12.1. The highest BCUT2D eigenvalue weighted by molar-refractivity contribution is 7.99. The van der Waals surface area contributed by atoms with Crippen molar-refractivity contribution in [2.75, 3.05) is 5.75 Å². The topological polar surface area (TPSA) is 30.0 Å². The zero-order valence-electron chi connectivity index (χ0n) is 11.2. The highest BCUT2D eigenvalue weighted by atomic mass is 32.2. The van der Waals surface area contributed by atoms with Gasteiger partial charge in [0.1, 0.15) is 5.78 Å². The maximum Gasteiger partial charge on any atom is 0.146 e. The number of hydrogen-bond donors (Lipinski definition) is 0. The summed E-state index contributed by atoms with van der Waals surface area (Å²) in [4.78, 5) is 16.6. The van der Waals surface area contributed by atoms with Crippen LogP contribution in [0.2, 0.25) is 0 Å². The van der Waals surface area contributed by atoms with Crippen LogP contribution in [0.25, 0.3) is 0 Å². The summed E-state index contributed by atoms with van der Waals surface area (Å²) in [5.41, 5.74) is 2.25. The molecule has 0 unspecified atom stereocenters. The lowest BCUT2D eigenvalue weighted by molar-refractivity contribution is -0.121. The van der Waals surface area contributed by atoms with E-state index in [0.717, 1.165) is 23.6 Å². The van der Waals surface area contributed by atoms with Crippen molar-refractivity contribution in [3.8, 4) is 0 Å². The van der Waals surface area contributed by atoms with Gasteiger partial charge in [-0.15, -0.1) is 0 Å². The van der Waals surface area contributed by atoms with Crippen LogP contribution in [0.15, 0.2) is 17.2 Å². The van der Waals surface area contributed by atoms with E-state index in [4.69, 9.17) is 0 Å². The van der Waals surface area contributed by atoms with Gasteiger partial charge in [0, 0.05) is 11.6 Å². The van der Waals surface area contributed by atoms with Crippen LogP contribution in [-0.2, 0) is 4.79 Å². The molecule has 0 saturated heterocycles. The maximum atomic E-state index is 12.1. The molecule has 2 rings (SSSR count). The average Bonchev–Trinajstić information content (AvgIpc) is 2.36. The molecular formula is C15H21NOS. The molecule has 0 aromatic carbocycles. The highest BCUT2D eigenvalue weighted by Crippen LogP contribution is 2.27. The van der Waals surface area contributed by atoms with Gasteiger partial charge in [-0.25, -0.2) is 4.98 Å². The molecule has 1 aliphatic carbocycles. The first-order chi connectivity index (χ1) is 8.65. The van der Waals surface area contributed by atoms with Crippen LogP contribution in [0.5, 0.6) is 0 Å². The summed E-state index contributed by atoms with van der Waals surface area (Å²) in [6, 6.07) is 4.12. The third-order valence-electron chi connectivity index (χ3n) is 3.50. The first kappa shape index (κ1) is 13.6. The van der Waals surface area contributed by atoms with Crippen molar-refractivity contribution in [3.05, 3.63) is 23.4 Å². The second-order valence-electron chi connectivity index (χ2n) is 5.21. The van der Waals surface area contributed by atoms with Crippen LogP contribution in [0.4, 0.5) is 0 Å². The molecule has 0 bridgehead atoms. The van der Waals surface area contributed by atoms with Gasteiger partial charge in [-0.3, -0.25) is 4.79 Å². The Morgan fingerprint density at radius 2 is 2.00 bits per heavy atom. The van der Waals surface area contributed by atoms with Crippen LogP contribution in [0, 0.1) is 19.8 Å². The third kappa shape index (κ3) is 3.84. The predicted octanol–water partition coefficient (Wildman–Crippen LogP) is 3.94. The minimum Gasteiger partial charge on any atom is -0.298 e. The number of aryl methyl sites for hydroxylation is 2. The van der Waals surface area contributed by atoms with Gasteiger partial charge in [0.15, 0.2) is 0 Å². The Bertz CT molecular complexity index is 404. The van der Waals surface area contributed by atoms with E-state index >= 15 is 0 Å². The van der Waals surface area contributed by atoms with Gasteiger partial charge in [0.25, 0.3) is 0 Å². The molecule has 0 amide bonds. The SMILES string of the molecule is Cc1cc(C)nc(SCC(=O)C2CCCCC2)c1. The summed E-state index contributed by atoms with van der Waals surface area (Å²) in [5, 5.41) is 0.983. The molecule has 0 N–H and O–H groups in total. The molecule has 0 spiro atoms. The number of ketones is 1. The Kier molecular flexibility index (Phi) is 4.81. The van der Waals surface area contributed by atoms with E-state index in [-0.39, 0.29) is 0 Å². The van der Waals surface area contributed by atoms with Crippen molar-refractivity contribution >= 4 is 17.5 Å². The second kappa shape index (κ2) is 6.37. The lowest BCUT2D eigenvalue weighted by atomic mass is 9.87. The fraction of sp³-hybridized carbons (Fsp3) is 0.600. The summed E-state index contributed by atoms with van der Waals surface area (Å²) in [6.07, 6.45) is 5.95. The number of carbonyl (C=O) groups is 1. The van der Waals surface area contributed by atoms with E-state index in [2.05, 4.69) is 24.0 Å². The summed E-state index contributed by atoms with van der Waals surface area (Å²) < 4.78 is 0. The van der Waals surface area contributed by atoms with Crippen LogP contribution >= 0.6 is 11.8 Å². The van der Waals surface area contributed by atoms with Gasteiger partial charge in [0.2, 0.25) is 0 Å². The standard InChI is InChI=1S/C15H21NOS/c1-11-8-12(2)16-15(9-11)18-10-14(17)13-6-4-3-5-7-13/h8-9,13H,3-7,10H2,1-2H3. The predicted molar refractivity (Wildman–Crippen MR) is 76.0 cm³/mol. The molecule has 2 nitrogen and oxygen atoms in total. The lowest BCUT2D eigenvalue weighted by Gasteiger charge is -2.19. The van der Waals surface area contributed by atoms with Crippen LogP contribution in [0.3, 0.4) is 0 Å². The first-order valence-corrected chi connectivity index (χ1v) is 7.74. The van der Waals surface area contributed by atoms with E-state index in [9.17, 15) is 4.79 Å². The summed E-state index contributed by atoms with van der Waals surface area (Å²) in [5.74, 6) is 1.32. The quantitative estimate of drug-likeness (QED) is 0.771. The van der Waals surface area contributed by atoms with Gasteiger partial charge < -0.3 is 0 Å². The number of aromatic nitrogens is 1. The lowest BCUT2D eigenvalue weighted by Crippen LogP contribution is -2.19. The molecule has 0 atom stereocenters. The number of Topliss-reactive ketones (excluding diaryl/α,β-unsaturated/α-hetero) is 1. The van der Waals surface area contributed by atoms with Gasteiger partial charge in [0.05, 0.1) is 10.8 Å². The van der Waals surface area contributed by atoms with E-state index in [1.165, 1.54) is 24.8 Å². The number of pyridine rings is 1. The molecular weight excluding hydrogens is 242 g/mol. The molecule has 3 heteroatoms. The van der Waals surface area contributed by atoms with Gasteiger partial charge >= 0.3 is 0 Å². The number of rotatable bonds is 4. The highest BCUT2D eigenvalue weighted by Gasteiger charge is 2.20. The first-order valence-electron chi connectivity index (χ1n) is 6.76. The number of nitrogens with zero attached hydrogens (tertiary/aromatic N) is 1. The van der Waals surface area contributed by atoms with E-state index in [0.29, 0.717) is 17.5 Å². The van der Waals surface area contributed by atoms with Crippen molar-refractivity contribution < 1.29 is 4.79 Å². The van der Waals surface area contributed by atoms with Crippen LogP contribution in [0.1, 0.15) is 43.4 Å². The third-order valence-corrected chi connectivity index (χ3v) is 4.43. The molecule has 98 valence electrons. The van der Waals surface area contributed by atoms with Crippen molar-refractivity contribution in [3.63, 3.8) is 0 Å². The fourth-order valence-corrected chi connectivity index (χ4v) is 3.57. The molecule has 0 radical (unpaired) electrons. The molecule has 0 aliphatic heterocycles. The Hall–Kier alpha value is -0.830. The van der Waals surface area contributed by atoms with E-state index in [1.807, 2.05) is 6.92 Å². The molecule has 1 aliphatic rings. The monoisotopic (exact) mass is 263 g/mol. The number of thioether (sulfide) groups is 1. The van der Waals surface area contributed by atoms with Crippen LogP contribution < -0.4 is 0 Å².